The molecular weight excluding hydrogens is 238 g/mol. The van der Waals surface area contributed by atoms with E-state index in [9.17, 15) is 0 Å². The summed E-state index contributed by atoms with van der Waals surface area (Å²) in [7, 11) is 0. The molecule has 0 amide bonds. The number of likely N-dealkylation sites (tertiary alicyclic amines) is 1. The van der Waals surface area contributed by atoms with E-state index in [0.717, 1.165) is 24.6 Å². The Morgan fingerprint density at radius 3 is 2.84 bits per heavy atom. The van der Waals surface area contributed by atoms with Gasteiger partial charge in [-0.15, -0.1) is 0 Å². The zero-order chi connectivity index (χ0) is 13.3. The highest BCUT2D eigenvalue weighted by Gasteiger charge is 2.29. The average Bonchev–Trinajstić information content (AvgIpc) is 2.37. The van der Waals surface area contributed by atoms with Gasteiger partial charge in [-0.3, -0.25) is 4.90 Å². The standard InChI is InChI=1S/C16H23NO2/c1-16(2)8-5-9-17(12-16)10-13-11-18-14-6-3-4-7-15(14)19-13/h3-4,6-7,13H,5,8-12H2,1-2H3. The fraction of sp³-hybridized carbons (Fsp3) is 0.625. The van der Waals surface area contributed by atoms with Crippen molar-refractivity contribution < 1.29 is 9.47 Å². The van der Waals surface area contributed by atoms with Gasteiger partial charge in [-0.1, -0.05) is 26.0 Å². The van der Waals surface area contributed by atoms with Gasteiger partial charge >= 0.3 is 0 Å². The van der Waals surface area contributed by atoms with Crippen molar-refractivity contribution in [1.29, 1.82) is 0 Å². The first-order valence-corrected chi connectivity index (χ1v) is 7.23. The molecule has 1 fully saturated rings. The van der Waals surface area contributed by atoms with Gasteiger partial charge in [0.15, 0.2) is 11.5 Å². The lowest BCUT2D eigenvalue weighted by Gasteiger charge is -2.40. The summed E-state index contributed by atoms with van der Waals surface area (Å²) in [6.45, 7) is 8.69. The normalized spacial score (nSPS) is 26.1. The highest BCUT2D eigenvalue weighted by molar-refractivity contribution is 5.40. The fourth-order valence-corrected chi connectivity index (χ4v) is 3.14. The number of hydrogen-bond donors (Lipinski definition) is 0. The molecule has 1 aromatic rings. The van der Waals surface area contributed by atoms with E-state index >= 15 is 0 Å². The molecule has 1 atom stereocenters. The summed E-state index contributed by atoms with van der Waals surface area (Å²) in [6.07, 6.45) is 2.77. The topological polar surface area (TPSA) is 21.7 Å². The summed E-state index contributed by atoms with van der Waals surface area (Å²) in [6, 6.07) is 7.93. The predicted molar refractivity (Wildman–Crippen MR) is 75.8 cm³/mol. The first-order chi connectivity index (χ1) is 9.12. The van der Waals surface area contributed by atoms with Crippen LogP contribution in [-0.2, 0) is 0 Å². The quantitative estimate of drug-likeness (QED) is 0.817. The Kier molecular flexibility index (Phi) is 3.40. The number of rotatable bonds is 2. The molecule has 3 rings (SSSR count). The van der Waals surface area contributed by atoms with Crippen molar-refractivity contribution in [3.63, 3.8) is 0 Å². The van der Waals surface area contributed by atoms with E-state index in [1.165, 1.54) is 19.4 Å². The molecule has 0 bridgehead atoms. The molecule has 1 saturated heterocycles. The number of para-hydroxylation sites is 2. The number of nitrogens with zero attached hydrogens (tertiary/aromatic N) is 1. The molecule has 2 aliphatic heterocycles. The van der Waals surface area contributed by atoms with E-state index < -0.39 is 0 Å². The largest absolute Gasteiger partial charge is 0.486 e. The van der Waals surface area contributed by atoms with Crippen LogP contribution >= 0.6 is 0 Å². The number of piperidine rings is 1. The average molecular weight is 261 g/mol. The van der Waals surface area contributed by atoms with Crippen LogP contribution < -0.4 is 9.47 Å². The predicted octanol–water partition coefficient (Wildman–Crippen LogP) is 2.95. The second kappa shape index (κ2) is 5.04. The van der Waals surface area contributed by atoms with Crippen LogP contribution in [0.15, 0.2) is 24.3 Å². The van der Waals surface area contributed by atoms with Crippen LogP contribution in [0.1, 0.15) is 26.7 Å². The molecule has 1 unspecified atom stereocenters. The molecule has 0 aliphatic carbocycles. The summed E-state index contributed by atoms with van der Waals surface area (Å²) < 4.78 is 11.8. The lowest BCUT2D eigenvalue weighted by Crippen LogP contribution is -2.47. The molecule has 0 spiro atoms. The SMILES string of the molecule is CC1(C)CCCN(CC2COc3ccccc3O2)C1. The van der Waals surface area contributed by atoms with Crippen LogP contribution in [0.2, 0.25) is 0 Å². The van der Waals surface area contributed by atoms with E-state index in [1.807, 2.05) is 24.3 Å². The summed E-state index contributed by atoms with van der Waals surface area (Å²) >= 11 is 0. The Balaban J connectivity index is 1.60. The molecular formula is C16H23NO2. The van der Waals surface area contributed by atoms with Crippen LogP contribution in [0.5, 0.6) is 11.5 Å². The Morgan fingerprint density at radius 1 is 1.26 bits per heavy atom. The third-order valence-electron chi connectivity index (χ3n) is 4.01. The monoisotopic (exact) mass is 261 g/mol. The molecule has 0 saturated carbocycles. The van der Waals surface area contributed by atoms with Gasteiger partial charge in [0.25, 0.3) is 0 Å². The zero-order valence-electron chi connectivity index (χ0n) is 11.9. The smallest absolute Gasteiger partial charge is 0.161 e. The van der Waals surface area contributed by atoms with Crippen LogP contribution in [0.3, 0.4) is 0 Å². The van der Waals surface area contributed by atoms with Gasteiger partial charge in [0, 0.05) is 13.1 Å². The molecule has 3 heteroatoms. The van der Waals surface area contributed by atoms with Crippen molar-refractivity contribution in [3.8, 4) is 11.5 Å². The van der Waals surface area contributed by atoms with E-state index in [2.05, 4.69) is 18.7 Å². The second-order valence-corrected chi connectivity index (χ2v) is 6.50. The summed E-state index contributed by atoms with van der Waals surface area (Å²) in [5.74, 6) is 1.76. The summed E-state index contributed by atoms with van der Waals surface area (Å²) in [4.78, 5) is 2.52. The molecule has 19 heavy (non-hydrogen) atoms. The van der Waals surface area contributed by atoms with Crippen molar-refractivity contribution >= 4 is 0 Å². The molecule has 104 valence electrons. The number of hydrogen-bond acceptors (Lipinski definition) is 3. The highest BCUT2D eigenvalue weighted by atomic mass is 16.6. The molecule has 1 aromatic carbocycles. The van der Waals surface area contributed by atoms with Crippen molar-refractivity contribution in [3.05, 3.63) is 24.3 Å². The maximum absolute atomic E-state index is 6.04. The van der Waals surface area contributed by atoms with Crippen molar-refractivity contribution in [2.75, 3.05) is 26.2 Å². The van der Waals surface area contributed by atoms with Gasteiger partial charge in [0.05, 0.1) is 0 Å². The third-order valence-corrected chi connectivity index (χ3v) is 4.01. The van der Waals surface area contributed by atoms with Crippen LogP contribution in [-0.4, -0.2) is 37.2 Å². The first-order valence-electron chi connectivity index (χ1n) is 7.23. The summed E-state index contributed by atoms with van der Waals surface area (Å²) in [5.41, 5.74) is 0.436. The number of fused-ring (bicyclic) bond motifs is 1. The third kappa shape index (κ3) is 3.03. The first kappa shape index (κ1) is 12.8. The minimum absolute atomic E-state index is 0.156. The Bertz CT molecular complexity index is 444. The van der Waals surface area contributed by atoms with Gasteiger partial charge in [0.2, 0.25) is 0 Å². The van der Waals surface area contributed by atoms with Gasteiger partial charge < -0.3 is 9.47 Å². The van der Waals surface area contributed by atoms with E-state index in [-0.39, 0.29) is 6.10 Å². The molecule has 3 nitrogen and oxygen atoms in total. The van der Waals surface area contributed by atoms with E-state index in [4.69, 9.17) is 9.47 Å². The Hall–Kier alpha value is -1.22. The summed E-state index contributed by atoms with van der Waals surface area (Å²) in [5, 5.41) is 0. The van der Waals surface area contributed by atoms with Gasteiger partial charge in [0.1, 0.15) is 12.7 Å². The minimum atomic E-state index is 0.156. The molecule has 2 heterocycles. The highest BCUT2D eigenvalue weighted by Crippen LogP contribution is 2.32. The van der Waals surface area contributed by atoms with Crippen molar-refractivity contribution in [2.24, 2.45) is 5.41 Å². The maximum Gasteiger partial charge on any atom is 0.161 e. The number of benzene rings is 1. The van der Waals surface area contributed by atoms with Gasteiger partial charge in [-0.2, -0.15) is 0 Å². The fourth-order valence-electron chi connectivity index (χ4n) is 3.14. The van der Waals surface area contributed by atoms with Crippen molar-refractivity contribution in [1.82, 2.24) is 4.90 Å². The molecule has 0 aromatic heterocycles. The molecule has 0 radical (unpaired) electrons. The van der Waals surface area contributed by atoms with Crippen LogP contribution in [0.4, 0.5) is 0 Å². The van der Waals surface area contributed by atoms with Gasteiger partial charge in [-0.05, 0) is 36.9 Å². The van der Waals surface area contributed by atoms with E-state index in [0.29, 0.717) is 12.0 Å². The van der Waals surface area contributed by atoms with Crippen molar-refractivity contribution in [2.45, 2.75) is 32.8 Å². The van der Waals surface area contributed by atoms with E-state index in [1.54, 1.807) is 0 Å². The van der Waals surface area contributed by atoms with Crippen LogP contribution in [0, 0.1) is 5.41 Å². The molecule has 0 N–H and O–H groups in total. The minimum Gasteiger partial charge on any atom is -0.486 e. The lowest BCUT2D eigenvalue weighted by molar-refractivity contribution is 0.0319. The van der Waals surface area contributed by atoms with Crippen LogP contribution in [0.25, 0.3) is 0 Å². The molecule has 2 aliphatic rings. The second-order valence-electron chi connectivity index (χ2n) is 6.50. The Morgan fingerprint density at radius 2 is 2.05 bits per heavy atom. The Labute approximate surface area is 115 Å². The number of ether oxygens (including phenoxy) is 2. The van der Waals surface area contributed by atoms with Gasteiger partial charge in [-0.25, -0.2) is 0 Å². The zero-order valence-corrected chi connectivity index (χ0v) is 11.9. The maximum atomic E-state index is 6.04. The lowest BCUT2D eigenvalue weighted by atomic mass is 9.84.